The zero-order chi connectivity index (χ0) is 26.4. The smallest absolute Gasteiger partial charge is 0.335 e. The zero-order valence-electron chi connectivity index (χ0n) is 22.1. The maximum absolute atomic E-state index is 13.4. The summed E-state index contributed by atoms with van der Waals surface area (Å²) in [7, 11) is 0. The predicted octanol–water partition coefficient (Wildman–Crippen LogP) is 5.56. The zero-order valence-corrected chi connectivity index (χ0v) is 22.1. The van der Waals surface area contributed by atoms with Gasteiger partial charge in [-0.05, 0) is 101 Å². The molecule has 2 aliphatic rings. The molecule has 0 saturated carbocycles. The van der Waals surface area contributed by atoms with Crippen molar-refractivity contribution in [1.29, 1.82) is 0 Å². The van der Waals surface area contributed by atoms with Gasteiger partial charge in [0.15, 0.2) is 0 Å². The van der Waals surface area contributed by atoms with Gasteiger partial charge in [0.2, 0.25) is 0 Å². The largest absolute Gasteiger partial charge is 0.494 e. The average molecular weight is 490 g/mol. The van der Waals surface area contributed by atoms with Crippen molar-refractivity contribution in [2.75, 3.05) is 16.4 Å². The summed E-state index contributed by atoms with van der Waals surface area (Å²) in [5.41, 5.74) is 4.41. The van der Waals surface area contributed by atoms with Crippen LogP contribution in [-0.2, 0) is 9.59 Å². The molecule has 2 aromatic carbocycles. The lowest BCUT2D eigenvalue weighted by Crippen LogP contribution is -2.54. The summed E-state index contributed by atoms with van der Waals surface area (Å²) in [6.45, 7) is 15.5. The molecule has 7 nitrogen and oxygen atoms in total. The number of aryl methyl sites for hydroxylation is 1. The van der Waals surface area contributed by atoms with Crippen LogP contribution in [0.1, 0.15) is 70.6 Å². The molecule has 2 aliphatic heterocycles. The van der Waals surface area contributed by atoms with Crippen LogP contribution in [-0.4, -0.2) is 36.0 Å². The second kappa shape index (κ2) is 9.45. The first-order valence-electron chi connectivity index (χ1n) is 12.5. The highest BCUT2D eigenvalue weighted by atomic mass is 16.5. The fourth-order valence-corrected chi connectivity index (χ4v) is 5.67. The molecule has 1 fully saturated rings. The number of nitrogens with zero attached hydrogens (tertiary/aromatic N) is 2. The third-order valence-corrected chi connectivity index (χ3v) is 6.97. The molecular weight excluding hydrogens is 454 g/mol. The first-order chi connectivity index (χ1) is 16.9. The van der Waals surface area contributed by atoms with Gasteiger partial charge in [-0.1, -0.05) is 13.0 Å². The molecule has 2 aromatic rings. The number of ether oxygens (including phenoxy) is 1. The van der Waals surface area contributed by atoms with Crippen LogP contribution in [0.4, 0.5) is 16.2 Å². The lowest BCUT2D eigenvalue weighted by atomic mass is 9.78. The summed E-state index contributed by atoms with van der Waals surface area (Å²) < 4.78 is 5.51. The summed E-state index contributed by atoms with van der Waals surface area (Å²) >= 11 is 0. The highest BCUT2D eigenvalue weighted by Crippen LogP contribution is 2.45. The number of imide groups is 2. The Morgan fingerprint density at radius 2 is 1.89 bits per heavy atom. The standard InChI is InChI=1S/C29H35N3O4/c1-8-36-22-11-9-10-21(15-22)31-27(34)24(26(33)30-28(31)35)14-20-13-23-19(5)16-29(6,7)32(17(2)3)25(23)12-18(20)4/h9-15,17,19H,8,16H2,1-7H3,(H,30,33,35)/b24-14+/t19-/m0/s1. The number of hydrogen-bond acceptors (Lipinski definition) is 5. The maximum Gasteiger partial charge on any atom is 0.335 e. The number of amides is 4. The number of nitrogens with one attached hydrogen (secondary N) is 1. The number of carbonyl (C=O) groups excluding carboxylic acids is 3. The Morgan fingerprint density at radius 3 is 2.56 bits per heavy atom. The van der Waals surface area contributed by atoms with Crippen molar-refractivity contribution >= 4 is 35.3 Å². The van der Waals surface area contributed by atoms with Crippen LogP contribution >= 0.6 is 0 Å². The monoisotopic (exact) mass is 489 g/mol. The van der Waals surface area contributed by atoms with E-state index in [0.717, 1.165) is 22.4 Å². The number of rotatable bonds is 5. The van der Waals surface area contributed by atoms with Crippen LogP contribution in [0.2, 0.25) is 0 Å². The van der Waals surface area contributed by atoms with E-state index in [1.807, 2.05) is 13.8 Å². The first-order valence-corrected chi connectivity index (χ1v) is 12.5. The first kappa shape index (κ1) is 25.5. The van der Waals surface area contributed by atoms with E-state index in [2.05, 4.69) is 57.0 Å². The van der Waals surface area contributed by atoms with Gasteiger partial charge in [-0.3, -0.25) is 14.9 Å². The maximum atomic E-state index is 13.4. The van der Waals surface area contributed by atoms with Crippen molar-refractivity contribution in [2.24, 2.45) is 0 Å². The van der Waals surface area contributed by atoms with Gasteiger partial charge in [-0.25, -0.2) is 9.69 Å². The number of carbonyl (C=O) groups is 3. The fourth-order valence-electron chi connectivity index (χ4n) is 5.67. The molecular formula is C29H35N3O4. The Balaban J connectivity index is 1.77. The molecule has 190 valence electrons. The predicted molar refractivity (Wildman–Crippen MR) is 143 cm³/mol. The highest BCUT2D eigenvalue weighted by Gasteiger charge is 2.39. The SMILES string of the molecule is CCOc1cccc(N2C(=O)NC(=O)/C(=C\c3cc4c(cc3C)N(C(C)C)C(C)(C)C[C@@H]4C)C2=O)c1. The molecule has 0 aliphatic carbocycles. The second-order valence-corrected chi connectivity index (χ2v) is 10.5. The van der Waals surface area contributed by atoms with E-state index in [1.54, 1.807) is 30.3 Å². The Hall–Kier alpha value is -3.61. The normalized spacial score (nSPS) is 20.6. The Kier molecular flexibility index (Phi) is 6.69. The summed E-state index contributed by atoms with van der Waals surface area (Å²) in [5, 5.41) is 2.31. The van der Waals surface area contributed by atoms with Gasteiger partial charge in [0.25, 0.3) is 11.8 Å². The minimum Gasteiger partial charge on any atom is -0.494 e. The molecule has 1 atom stereocenters. The lowest BCUT2D eigenvalue weighted by Gasteiger charge is -2.50. The van der Waals surface area contributed by atoms with E-state index in [-0.39, 0.29) is 11.1 Å². The van der Waals surface area contributed by atoms with Gasteiger partial charge in [0, 0.05) is 23.3 Å². The van der Waals surface area contributed by atoms with Crippen molar-refractivity contribution in [3.63, 3.8) is 0 Å². The van der Waals surface area contributed by atoms with E-state index in [1.165, 1.54) is 11.3 Å². The Labute approximate surface area is 213 Å². The summed E-state index contributed by atoms with van der Waals surface area (Å²) in [4.78, 5) is 42.3. The topological polar surface area (TPSA) is 79.0 Å². The van der Waals surface area contributed by atoms with Gasteiger partial charge < -0.3 is 9.64 Å². The molecule has 0 aromatic heterocycles. The number of barbiturate groups is 1. The van der Waals surface area contributed by atoms with E-state index in [0.29, 0.717) is 30.0 Å². The minimum atomic E-state index is -0.776. The average Bonchev–Trinajstić information content (AvgIpc) is 2.76. The van der Waals surface area contributed by atoms with Crippen LogP contribution in [0.3, 0.4) is 0 Å². The van der Waals surface area contributed by atoms with Crippen molar-refractivity contribution in [1.82, 2.24) is 5.32 Å². The van der Waals surface area contributed by atoms with Gasteiger partial charge in [0.1, 0.15) is 11.3 Å². The molecule has 1 N–H and O–H groups in total. The third kappa shape index (κ3) is 4.50. The molecule has 4 amide bonds. The van der Waals surface area contributed by atoms with Crippen molar-refractivity contribution in [3.05, 3.63) is 58.7 Å². The second-order valence-electron chi connectivity index (χ2n) is 10.5. The van der Waals surface area contributed by atoms with E-state index < -0.39 is 17.8 Å². The molecule has 2 heterocycles. The van der Waals surface area contributed by atoms with Crippen LogP contribution in [0.15, 0.2) is 42.0 Å². The number of anilines is 2. The van der Waals surface area contributed by atoms with E-state index >= 15 is 0 Å². The summed E-state index contributed by atoms with van der Waals surface area (Å²) in [6.07, 6.45) is 2.60. The van der Waals surface area contributed by atoms with Gasteiger partial charge in [0.05, 0.1) is 12.3 Å². The molecule has 7 heteroatoms. The van der Waals surface area contributed by atoms with Crippen LogP contribution in [0.5, 0.6) is 5.75 Å². The fraction of sp³-hybridized carbons (Fsp3) is 0.414. The molecule has 0 radical (unpaired) electrons. The Bertz CT molecular complexity index is 1260. The third-order valence-electron chi connectivity index (χ3n) is 6.97. The molecule has 0 spiro atoms. The summed E-state index contributed by atoms with van der Waals surface area (Å²) in [6, 6.07) is 10.5. The molecule has 0 bridgehead atoms. The van der Waals surface area contributed by atoms with Crippen LogP contribution < -0.4 is 19.9 Å². The number of fused-ring (bicyclic) bond motifs is 1. The number of hydrogen-bond donors (Lipinski definition) is 1. The van der Waals surface area contributed by atoms with E-state index in [9.17, 15) is 14.4 Å². The van der Waals surface area contributed by atoms with Gasteiger partial charge in [-0.15, -0.1) is 0 Å². The van der Waals surface area contributed by atoms with Gasteiger partial charge in [-0.2, -0.15) is 0 Å². The quantitative estimate of drug-likeness (QED) is 0.439. The molecule has 4 rings (SSSR count). The van der Waals surface area contributed by atoms with Crippen LogP contribution in [0.25, 0.3) is 6.08 Å². The Morgan fingerprint density at radius 1 is 1.17 bits per heavy atom. The molecule has 1 saturated heterocycles. The molecule has 36 heavy (non-hydrogen) atoms. The number of urea groups is 1. The van der Waals surface area contributed by atoms with Crippen LogP contribution in [0, 0.1) is 6.92 Å². The van der Waals surface area contributed by atoms with E-state index in [4.69, 9.17) is 4.74 Å². The number of benzene rings is 2. The van der Waals surface area contributed by atoms with Crippen molar-refractivity contribution in [3.8, 4) is 5.75 Å². The summed E-state index contributed by atoms with van der Waals surface area (Å²) in [5.74, 6) is -0.502. The highest BCUT2D eigenvalue weighted by molar-refractivity contribution is 6.39. The molecule has 0 unspecified atom stereocenters. The van der Waals surface area contributed by atoms with Crippen molar-refractivity contribution < 1.29 is 19.1 Å². The van der Waals surface area contributed by atoms with Gasteiger partial charge >= 0.3 is 6.03 Å². The van der Waals surface area contributed by atoms with Crippen molar-refractivity contribution in [2.45, 2.75) is 72.4 Å². The lowest BCUT2D eigenvalue weighted by molar-refractivity contribution is -0.122. The minimum absolute atomic E-state index is 0.0170.